The first-order chi connectivity index (χ1) is 7.12. The smallest absolute Gasteiger partial charge is 0.0731 e. The van der Waals surface area contributed by atoms with E-state index in [1.54, 1.807) is 5.20 Å². The average Bonchev–Trinajstić information content (AvgIpc) is 2.15. The average molecular weight is 250 g/mol. The van der Waals surface area contributed by atoms with Crippen LogP contribution in [0.4, 0.5) is 0 Å². The first-order valence-electron chi connectivity index (χ1n) is 5.92. The molecule has 0 saturated heterocycles. The molecule has 0 heterocycles. The monoisotopic (exact) mass is 249 g/mol. The molecule has 16 heavy (non-hydrogen) atoms. The Morgan fingerprint density at radius 2 is 1.75 bits per heavy atom. The molecule has 0 aromatic carbocycles. The van der Waals surface area contributed by atoms with Crippen molar-refractivity contribution in [3.05, 3.63) is 23.4 Å². The Hall–Kier alpha value is -0.596. The summed E-state index contributed by atoms with van der Waals surface area (Å²) in [5, 5.41) is 10.9. The largest absolute Gasteiger partial charge is 0.198 e. The quantitative estimate of drug-likeness (QED) is 0.667. The van der Waals surface area contributed by atoms with E-state index in [9.17, 15) is 5.26 Å². The molecule has 0 aromatic heterocycles. The lowest BCUT2D eigenvalue weighted by Crippen LogP contribution is -2.41. The first-order valence-corrected chi connectivity index (χ1v) is 12.9. The van der Waals surface area contributed by atoms with E-state index in [2.05, 4.69) is 63.6 Å². The third kappa shape index (κ3) is 2.39. The number of rotatable bonds is 2. The molecule has 0 spiro atoms. The highest BCUT2D eigenvalue weighted by Gasteiger charge is 2.44. The highest BCUT2D eigenvalue weighted by molar-refractivity contribution is 6.84. The fraction of sp³-hybridized carbons (Fsp3) is 0.615. The highest BCUT2D eigenvalue weighted by Crippen LogP contribution is 2.48. The molecule has 1 nitrogen and oxygen atoms in total. The van der Waals surface area contributed by atoms with Gasteiger partial charge in [0.1, 0.15) is 0 Å². The van der Waals surface area contributed by atoms with Crippen molar-refractivity contribution in [3.63, 3.8) is 0 Å². The van der Waals surface area contributed by atoms with Crippen molar-refractivity contribution in [3.8, 4) is 6.07 Å². The molecule has 0 bridgehead atoms. The van der Waals surface area contributed by atoms with Crippen molar-refractivity contribution in [1.82, 2.24) is 0 Å². The molecule has 1 unspecified atom stereocenters. The molecule has 1 atom stereocenters. The third-order valence-electron chi connectivity index (χ3n) is 3.65. The standard InChI is InChI=1S/C13H23NSi2/c1-15(2,3)12-8-7-9-13(10-12,11-14)16(4,5)6/h7-9H,10H2,1-6H3. The Kier molecular flexibility index (Phi) is 3.38. The van der Waals surface area contributed by atoms with Gasteiger partial charge in [0.2, 0.25) is 0 Å². The lowest BCUT2D eigenvalue weighted by molar-refractivity contribution is 0.803. The van der Waals surface area contributed by atoms with Crippen LogP contribution in [0.5, 0.6) is 0 Å². The summed E-state index contributed by atoms with van der Waals surface area (Å²) in [6, 6.07) is 2.62. The van der Waals surface area contributed by atoms with Gasteiger partial charge in [0.15, 0.2) is 0 Å². The second-order valence-electron chi connectivity index (χ2n) is 6.81. The van der Waals surface area contributed by atoms with Gasteiger partial charge in [-0.3, -0.25) is 0 Å². The Morgan fingerprint density at radius 1 is 1.19 bits per heavy atom. The molecule has 1 rings (SSSR count). The summed E-state index contributed by atoms with van der Waals surface area (Å²) in [5.74, 6) is 0. The van der Waals surface area contributed by atoms with Crippen molar-refractivity contribution in [2.45, 2.75) is 50.7 Å². The van der Waals surface area contributed by atoms with Gasteiger partial charge in [0.05, 0.1) is 27.3 Å². The van der Waals surface area contributed by atoms with E-state index in [-0.39, 0.29) is 5.04 Å². The maximum absolute atomic E-state index is 9.58. The molecule has 0 aliphatic heterocycles. The SMILES string of the molecule is C[Si](C)(C)C1=CC=CC(C#N)([Si](C)(C)C)C1. The predicted octanol–water partition coefficient (Wildman–Crippen LogP) is 4.35. The zero-order chi connectivity index (χ0) is 12.6. The normalized spacial score (nSPS) is 26.2. The fourth-order valence-electron chi connectivity index (χ4n) is 2.02. The summed E-state index contributed by atoms with van der Waals surface area (Å²) in [5.41, 5.74) is 0. The van der Waals surface area contributed by atoms with Gasteiger partial charge in [-0.25, -0.2) is 0 Å². The molecule has 0 N–H and O–H groups in total. The number of hydrogen-bond acceptors (Lipinski definition) is 1. The molecule has 0 saturated carbocycles. The van der Waals surface area contributed by atoms with Gasteiger partial charge in [-0.2, -0.15) is 5.26 Å². The summed E-state index contributed by atoms with van der Waals surface area (Å²) in [7, 11) is -2.75. The number of nitriles is 1. The Balaban J connectivity index is 3.13. The number of nitrogens with zero attached hydrogens (tertiary/aromatic N) is 1. The van der Waals surface area contributed by atoms with E-state index in [0.29, 0.717) is 0 Å². The highest BCUT2D eigenvalue weighted by atomic mass is 28.3. The summed E-state index contributed by atoms with van der Waals surface area (Å²) in [6.45, 7) is 14.0. The lowest BCUT2D eigenvalue weighted by Gasteiger charge is -2.40. The van der Waals surface area contributed by atoms with Crippen LogP contribution in [0.15, 0.2) is 23.4 Å². The van der Waals surface area contributed by atoms with Crippen LogP contribution in [0.25, 0.3) is 0 Å². The van der Waals surface area contributed by atoms with E-state index in [1.165, 1.54) is 0 Å². The molecule has 0 radical (unpaired) electrons. The van der Waals surface area contributed by atoms with Crippen molar-refractivity contribution in [2.75, 3.05) is 0 Å². The molecule has 1 aliphatic carbocycles. The second kappa shape index (κ2) is 4.01. The summed E-state index contributed by atoms with van der Waals surface area (Å²) >= 11 is 0. The topological polar surface area (TPSA) is 23.8 Å². The molecule has 0 aromatic rings. The van der Waals surface area contributed by atoms with Crippen LogP contribution in [0.1, 0.15) is 6.42 Å². The van der Waals surface area contributed by atoms with Gasteiger partial charge in [0, 0.05) is 0 Å². The van der Waals surface area contributed by atoms with Crippen molar-refractivity contribution < 1.29 is 0 Å². The maximum atomic E-state index is 9.58. The third-order valence-corrected chi connectivity index (χ3v) is 9.05. The van der Waals surface area contributed by atoms with Crippen molar-refractivity contribution in [1.29, 1.82) is 5.26 Å². The van der Waals surface area contributed by atoms with Crippen LogP contribution in [0.3, 0.4) is 0 Å². The Labute approximate surface area is 102 Å². The van der Waals surface area contributed by atoms with E-state index in [0.717, 1.165) is 6.42 Å². The summed E-state index contributed by atoms with van der Waals surface area (Å²) < 4.78 is 0. The summed E-state index contributed by atoms with van der Waals surface area (Å²) in [6.07, 6.45) is 7.51. The minimum Gasteiger partial charge on any atom is -0.198 e. The van der Waals surface area contributed by atoms with Gasteiger partial charge in [0.25, 0.3) is 0 Å². The first kappa shape index (κ1) is 13.5. The Morgan fingerprint density at radius 3 is 2.12 bits per heavy atom. The van der Waals surface area contributed by atoms with Crippen LogP contribution in [0.2, 0.25) is 44.3 Å². The van der Waals surface area contributed by atoms with Gasteiger partial charge in [-0.05, 0) is 6.42 Å². The Bertz CT molecular complexity index is 374. The van der Waals surface area contributed by atoms with E-state index >= 15 is 0 Å². The van der Waals surface area contributed by atoms with Crippen molar-refractivity contribution >= 4 is 16.1 Å². The van der Waals surface area contributed by atoms with Crippen LogP contribution in [-0.2, 0) is 0 Å². The fourth-order valence-corrected chi connectivity index (χ4v) is 5.26. The molecule has 0 fully saturated rings. The maximum Gasteiger partial charge on any atom is 0.0731 e. The van der Waals surface area contributed by atoms with Crippen LogP contribution in [0, 0.1) is 11.3 Å². The zero-order valence-electron chi connectivity index (χ0n) is 11.4. The minimum absolute atomic E-state index is 0.183. The van der Waals surface area contributed by atoms with Gasteiger partial charge in [-0.15, -0.1) is 0 Å². The van der Waals surface area contributed by atoms with Crippen LogP contribution >= 0.6 is 0 Å². The van der Waals surface area contributed by atoms with Gasteiger partial charge in [-0.1, -0.05) is 62.7 Å². The molecule has 88 valence electrons. The second-order valence-corrected chi connectivity index (χ2v) is 17.3. The zero-order valence-corrected chi connectivity index (χ0v) is 13.4. The number of allylic oxidation sites excluding steroid dienone is 4. The molecule has 1 aliphatic rings. The van der Waals surface area contributed by atoms with Crippen LogP contribution in [-0.4, -0.2) is 16.1 Å². The molecule has 3 heteroatoms. The van der Waals surface area contributed by atoms with Gasteiger partial charge < -0.3 is 0 Å². The van der Waals surface area contributed by atoms with Crippen molar-refractivity contribution in [2.24, 2.45) is 0 Å². The van der Waals surface area contributed by atoms with Crippen LogP contribution < -0.4 is 0 Å². The predicted molar refractivity (Wildman–Crippen MR) is 76.8 cm³/mol. The van der Waals surface area contributed by atoms with Gasteiger partial charge >= 0.3 is 0 Å². The van der Waals surface area contributed by atoms with E-state index in [4.69, 9.17) is 0 Å². The molecular weight excluding hydrogens is 226 g/mol. The summed E-state index contributed by atoms with van der Waals surface area (Å²) in [4.78, 5) is 0. The van der Waals surface area contributed by atoms with E-state index < -0.39 is 16.1 Å². The minimum atomic E-state index is -1.49. The molecule has 0 amide bonds. The molecular formula is C13H23NSi2. The number of hydrogen-bond donors (Lipinski definition) is 0. The lowest BCUT2D eigenvalue weighted by atomic mass is 10.0. The van der Waals surface area contributed by atoms with E-state index in [1.807, 2.05) is 0 Å².